The van der Waals surface area contributed by atoms with E-state index in [4.69, 9.17) is 0 Å². The van der Waals surface area contributed by atoms with E-state index in [0.29, 0.717) is 10.5 Å². The average molecular weight is 429 g/mol. The molecular formula is C25H20N2O3S. The third-order valence-corrected chi connectivity index (χ3v) is 5.75. The van der Waals surface area contributed by atoms with Crippen LogP contribution in [0.15, 0.2) is 89.8 Å². The van der Waals surface area contributed by atoms with Gasteiger partial charge >= 0.3 is 0 Å². The number of rotatable bonds is 6. The standard InChI is InChI=1S/C25H20N2O3S/c28-23(21-13-11-20(12-14-21)19-9-5-2-6-10-19)26-15-16-27-24(29)22(31-25(27)30)17-18-7-3-1-4-8-18/h1-14,17H,15-16H2,(H,26,28). The van der Waals surface area contributed by atoms with E-state index in [1.807, 2.05) is 72.8 Å². The van der Waals surface area contributed by atoms with E-state index >= 15 is 0 Å². The maximum atomic E-state index is 12.5. The largest absolute Gasteiger partial charge is 0.350 e. The Balaban J connectivity index is 1.33. The lowest BCUT2D eigenvalue weighted by Crippen LogP contribution is -2.37. The Morgan fingerprint density at radius 3 is 2.13 bits per heavy atom. The average Bonchev–Trinajstić information content (AvgIpc) is 3.07. The van der Waals surface area contributed by atoms with Gasteiger partial charge in [-0.1, -0.05) is 72.8 Å². The molecule has 3 amide bonds. The molecule has 0 atom stereocenters. The van der Waals surface area contributed by atoms with Crippen molar-refractivity contribution < 1.29 is 14.4 Å². The third-order valence-electron chi connectivity index (χ3n) is 4.85. The molecule has 4 rings (SSSR count). The molecule has 1 heterocycles. The van der Waals surface area contributed by atoms with Gasteiger partial charge < -0.3 is 5.32 Å². The number of hydrogen-bond donors (Lipinski definition) is 1. The highest BCUT2D eigenvalue weighted by Crippen LogP contribution is 2.31. The Morgan fingerprint density at radius 1 is 0.839 bits per heavy atom. The molecule has 154 valence electrons. The second-order valence-corrected chi connectivity index (χ2v) is 7.94. The van der Waals surface area contributed by atoms with Gasteiger partial charge in [-0.05, 0) is 46.7 Å². The van der Waals surface area contributed by atoms with E-state index < -0.39 is 0 Å². The molecule has 6 heteroatoms. The predicted octanol–water partition coefficient (Wildman–Crippen LogP) is 4.82. The molecule has 1 aliphatic rings. The van der Waals surface area contributed by atoms with Gasteiger partial charge in [0.2, 0.25) is 0 Å². The van der Waals surface area contributed by atoms with Crippen LogP contribution in [-0.2, 0) is 4.79 Å². The predicted molar refractivity (Wildman–Crippen MR) is 123 cm³/mol. The number of nitrogens with one attached hydrogen (secondary N) is 1. The zero-order valence-corrected chi connectivity index (χ0v) is 17.5. The van der Waals surface area contributed by atoms with E-state index in [-0.39, 0.29) is 30.1 Å². The van der Waals surface area contributed by atoms with Gasteiger partial charge in [0.05, 0.1) is 4.91 Å². The Hall–Kier alpha value is -3.64. The lowest BCUT2D eigenvalue weighted by atomic mass is 10.0. The topological polar surface area (TPSA) is 66.5 Å². The molecule has 1 fully saturated rings. The fourth-order valence-electron chi connectivity index (χ4n) is 3.22. The zero-order chi connectivity index (χ0) is 21.6. The number of benzene rings is 3. The maximum Gasteiger partial charge on any atom is 0.293 e. The SMILES string of the molecule is O=C(NCCN1C(=O)SC(=Cc2ccccc2)C1=O)c1ccc(-c2ccccc2)cc1. The van der Waals surface area contributed by atoms with Crippen molar-refractivity contribution in [3.05, 3.63) is 101 Å². The molecule has 0 bridgehead atoms. The summed E-state index contributed by atoms with van der Waals surface area (Å²) in [4.78, 5) is 38.7. The van der Waals surface area contributed by atoms with Crippen LogP contribution in [0.5, 0.6) is 0 Å². The normalized spacial score (nSPS) is 14.8. The van der Waals surface area contributed by atoms with E-state index in [0.717, 1.165) is 33.4 Å². The highest BCUT2D eigenvalue weighted by molar-refractivity contribution is 8.18. The first-order valence-electron chi connectivity index (χ1n) is 9.86. The van der Waals surface area contributed by atoms with Crippen molar-refractivity contribution in [1.82, 2.24) is 10.2 Å². The van der Waals surface area contributed by atoms with Gasteiger partial charge in [0, 0.05) is 18.7 Å². The smallest absolute Gasteiger partial charge is 0.293 e. The summed E-state index contributed by atoms with van der Waals surface area (Å²) >= 11 is 0.917. The number of amides is 3. The first kappa shape index (κ1) is 20.6. The lowest BCUT2D eigenvalue weighted by molar-refractivity contribution is -0.122. The van der Waals surface area contributed by atoms with Gasteiger partial charge in [0.1, 0.15) is 0 Å². The molecule has 0 spiro atoms. The molecule has 1 saturated heterocycles. The van der Waals surface area contributed by atoms with Crippen LogP contribution in [0.2, 0.25) is 0 Å². The minimum atomic E-state index is -0.333. The molecule has 3 aromatic carbocycles. The number of imide groups is 1. The Bertz CT molecular complexity index is 1130. The minimum absolute atomic E-state index is 0.130. The fraction of sp³-hybridized carbons (Fsp3) is 0.0800. The van der Waals surface area contributed by atoms with Crippen LogP contribution in [0.4, 0.5) is 4.79 Å². The van der Waals surface area contributed by atoms with Gasteiger partial charge in [-0.25, -0.2) is 0 Å². The quantitative estimate of drug-likeness (QED) is 0.572. The fourth-order valence-corrected chi connectivity index (χ4v) is 4.09. The molecule has 5 nitrogen and oxygen atoms in total. The molecule has 3 aromatic rings. The Labute approximate surface area is 184 Å². The van der Waals surface area contributed by atoms with E-state index in [1.165, 1.54) is 0 Å². The number of nitrogens with zero attached hydrogens (tertiary/aromatic N) is 1. The first-order chi connectivity index (χ1) is 15.1. The highest BCUT2D eigenvalue weighted by Gasteiger charge is 2.34. The molecule has 31 heavy (non-hydrogen) atoms. The van der Waals surface area contributed by atoms with Gasteiger partial charge in [-0.15, -0.1) is 0 Å². The summed E-state index contributed by atoms with van der Waals surface area (Å²) in [6.45, 7) is 0.320. The van der Waals surface area contributed by atoms with Crippen molar-refractivity contribution >= 4 is 34.9 Å². The summed E-state index contributed by atoms with van der Waals surface area (Å²) in [6, 6.07) is 26.6. The van der Waals surface area contributed by atoms with Crippen molar-refractivity contribution in [3.8, 4) is 11.1 Å². The number of carbonyl (C=O) groups is 3. The molecule has 1 N–H and O–H groups in total. The minimum Gasteiger partial charge on any atom is -0.350 e. The van der Waals surface area contributed by atoms with Crippen LogP contribution in [-0.4, -0.2) is 35.0 Å². The summed E-state index contributed by atoms with van der Waals surface area (Å²) < 4.78 is 0. The molecule has 0 aliphatic carbocycles. The van der Waals surface area contributed by atoms with Crippen molar-refractivity contribution in [2.24, 2.45) is 0 Å². The molecule has 0 unspecified atom stereocenters. The van der Waals surface area contributed by atoms with Crippen molar-refractivity contribution in [2.45, 2.75) is 0 Å². The lowest BCUT2D eigenvalue weighted by Gasteiger charge is -2.13. The molecular weight excluding hydrogens is 408 g/mol. The van der Waals surface area contributed by atoms with Crippen LogP contribution < -0.4 is 5.32 Å². The second-order valence-electron chi connectivity index (χ2n) is 6.94. The van der Waals surface area contributed by atoms with Crippen molar-refractivity contribution in [1.29, 1.82) is 0 Å². The summed E-state index contributed by atoms with van der Waals surface area (Å²) in [5.41, 5.74) is 3.50. The van der Waals surface area contributed by atoms with Gasteiger partial charge in [0.25, 0.3) is 17.1 Å². The number of thioether (sulfide) groups is 1. The molecule has 0 saturated carbocycles. The third kappa shape index (κ3) is 4.92. The first-order valence-corrected chi connectivity index (χ1v) is 10.7. The number of carbonyl (C=O) groups excluding carboxylic acids is 3. The highest BCUT2D eigenvalue weighted by atomic mass is 32.2. The van der Waals surface area contributed by atoms with Gasteiger partial charge in [-0.2, -0.15) is 0 Å². The molecule has 0 radical (unpaired) electrons. The monoisotopic (exact) mass is 428 g/mol. The van der Waals surface area contributed by atoms with E-state index in [1.54, 1.807) is 18.2 Å². The summed E-state index contributed by atoms with van der Waals surface area (Å²) in [5.74, 6) is -0.577. The second kappa shape index (κ2) is 9.45. The van der Waals surface area contributed by atoms with Crippen LogP contribution in [0.3, 0.4) is 0 Å². The Kier molecular flexibility index (Phi) is 6.29. The van der Waals surface area contributed by atoms with Crippen LogP contribution in [0.1, 0.15) is 15.9 Å². The molecule has 0 aromatic heterocycles. The molecule has 1 aliphatic heterocycles. The maximum absolute atomic E-state index is 12.5. The van der Waals surface area contributed by atoms with Crippen molar-refractivity contribution in [3.63, 3.8) is 0 Å². The van der Waals surface area contributed by atoms with E-state index in [2.05, 4.69) is 5.32 Å². The van der Waals surface area contributed by atoms with Crippen LogP contribution >= 0.6 is 11.8 Å². The van der Waals surface area contributed by atoms with Gasteiger partial charge in [0.15, 0.2) is 0 Å². The zero-order valence-electron chi connectivity index (χ0n) is 16.7. The summed E-state index contributed by atoms with van der Waals surface area (Å²) in [5, 5.41) is 2.45. The number of hydrogen-bond acceptors (Lipinski definition) is 4. The summed E-state index contributed by atoms with van der Waals surface area (Å²) in [7, 11) is 0. The van der Waals surface area contributed by atoms with Gasteiger partial charge in [-0.3, -0.25) is 19.3 Å². The van der Waals surface area contributed by atoms with Crippen LogP contribution in [0, 0.1) is 0 Å². The summed E-state index contributed by atoms with van der Waals surface area (Å²) in [6.07, 6.45) is 1.71. The van der Waals surface area contributed by atoms with E-state index in [9.17, 15) is 14.4 Å². The van der Waals surface area contributed by atoms with Crippen LogP contribution in [0.25, 0.3) is 17.2 Å². The van der Waals surface area contributed by atoms with Crippen molar-refractivity contribution in [2.75, 3.05) is 13.1 Å². The Morgan fingerprint density at radius 2 is 1.45 bits per heavy atom.